The maximum Gasteiger partial charge on any atom is 0.358 e. The van der Waals surface area contributed by atoms with E-state index in [1.165, 1.54) is 6.92 Å². The maximum atomic E-state index is 11.8. The second kappa shape index (κ2) is 4.63. The van der Waals surface area contributed by atoms with Gasteiger partial charge in [0.2, 0.25) is 5.72 Å². The monoisotopic (exact) mass is 270 g/mol. The highest BCUT2D eigenvalue weighted by Gasteiger charge is 2.49. The van der Waals surface area contributed by atoms with E-state index in [0.717, 1.165) is 10.8 Å². The summed E-state index contributed by atoms with van der Waals surface area (Å²) in [4.78, 5) is 36.6. The number of carboxylic acid groups (broad SMARTS) is 1. The quantitative estimate of drug-likeness (QED) is 0.631. The van der Waals surface area contributed by atoms with Gasteiger partial charge < -0.3 is 14.9 Å². The van der Waals surface area contributed by atoms with Crippen LogP contribution in [0.4, 0.5) is 0 Å². The number of aliphatic hydroxyl groups excluding tert-OH is 1. The number of aryl methyl sites for hydroxylation is 1. The van der Waals surface area contributed by atoms with E-state index in [9.17, 15) is 19.5 Å². The minimum atomic E-state index is -1.88. The summed E-state index contributed by atoms with van der Waals surface area (Å²) >= 11 is 0. The Kier molecular flexibility index (Phi) is 3.29. The zero-order valence-corrected chi connectivity index (χ0v) is 10.3. The van der Waals surface area contributed by atoms with Crippen molar-refractivity contribution in [2.24, 2.45) is 0 Å². The summed E-state index contributed by atoms with van der Waals surface area (Å²) in [6.45, 7) is 1.13. The highest BCUT2D eigenvalue weighted by molar-refractivity contribution is 5.75. The number of ether oxygens (including phenoxy) is 1. The molecule has 1 aromatic heterocycles. The Morgan fingerprint density at radius 1 is 1.63 bits per heavy atom. The molecule has 0 saturated carbocycles. The van der Waals surface area contributed by atoms with Gasteiger partial charge in [0.15, 0.2) is 0 Å². The number of aromatic nitrogens is 2. The fourth-order valence-corrected chi connectivity index (χ4v) is 2.15. The van der Waals surface area contributed by atoms with Gasteiger partial charge in [-0.05, 0) is 13.3 Å². The van der Waals surface area contributed by atoms with Crippen molar-refractivity contribution in [1.29, 1.82) is 0 Å². The molecule has 0 spiro atoms. The molecule has 0 bridgehead atoms. The minimum Gasteiger partial charge on any atom is -0.478 e. The van der Waals surface area contributed by atoms with Crippen LogP contribution in [0, 0.1) is 6.92 Å². The fraction of sp³-hybridized carbons (Fsp3) is 0.545. The maximum absolute atomic E-state index is 11.8. The van der Waals surface area contributed by atoms with E-state index in [1.807, 2.05) is 4.98 Å². The summed E-state index contributed by atoms with van der Waals surface area (Å²) in [6, 6.07) is 0. The third-order valence-corrected chi connectivity index (χ3v) is 3.21. The number of rotatable bonds is 3. The van der Waals surface area contributed by atoms with Crippen molar-refractivity contribution in [1.82, 2.24) is 9.55 Å². The predicted molar refractivity (Wildman–Crippen MR) is 62.9 cm³/mol. The Labute approximate surface area is 107 Å². The van der Waals surface area contributed by atoms with Crippen molar-refractivity contribution in [3.8, 4) is 0 Å². The number of aromatic amines is 1. The van der Waals surface area contributed by atoms with Crippen molar-refractivity contribution in [3.05, 3.63) is 32.6 Å². The van der Waals surface area contributed by atoms with Crippen LogP contribution < -0.4 is 11.2 Å². The van der Waals surface area contributed by atoms with E-state index in [0.29, 0.717) is 6.42 Å². The van der Waals surface area contributed by atoms with E-state index in [1.54, 1.807) is 0 Å². The van der Waals surface area contributed by atoms with Crippen LogP contribution in [-0.4, -0.2) is 38.4 Å². The summed E-state index contributed by atoms with van der Waals surface area (Å²) < 4.78 is 6.18. The van der Waals surface area contributed by atoms with Gasteiger partial charge in [0.25, 0.3) is 5.56 Å². The molecule has 8 nitrogen and oxygen atoms in total. The fourth-order valence-electron chi connectivity index (χ4n) is 2.15. The van der Waals surface area contributed by atoms with Gasteiger partial charge in [0, 0.05) is 18.2 Å². The first-order chi connectivity index (χ1) is 8.90. The lowest BCUT2D eigenvalue weighted by molar-refractivity contribution is -0.182. The number of nitrogens with one attached hydrogen (secondary N) is 1. The highest BCUT2D eigenvalue weighted by Crippen LogP contribution is 2.34. The molecular weight excluding hydrogens is 256 g/mol. The SMILES string of the molecule is Cc1cn([C@@]2(C(=O)O)CC[C@@H](CO)O2)c(=O)[nH]c1=O. The first-order valence-electron chi connectivity index (χ1n) is 5.76. The standard InChI is InChI=1S/C11H14N2O6/c1-6-4-13(10(18)12-8(6)15)11(9(16)17)3-2-7(5-14)19-11/h4,7,14H,2-3,5H2,1H3,(H,16,17)(H,12,15,18)/t7-,11-/m0/s1. The summed E-state index contributed by atoms with van der Waals surface area (Å²) in [5, 5.41) is 18.4. The zero-order chi connectivity index (χ0) is 14.2. The number of aliphatic carboxylic acids is 1. The van der Waals surface area contributed by atoms with Gasteiger partial charge in [-0.25, -0.2) is 9.59 Å². The van der Waals surface area contributed by atoms with Crippen molar-refractivity contribution < 1.29 is 19.7 Å². The van der Waals surface area contributed by atoms with Crippen LogP contribution >= 0.6 is 0 Å². The van der Waals surface area contributed by atoms with Crippen LogP contribution in [-0.2, 0) is 15.3 Å². The van der Waals surface area contributed by atoms with Crippen LogP contribution in [0.5, 0.6) is 0 Å². The highest BCUT2D eigenvalue weighted by atomic mass is 16.6. The van der Waals surface area contributed by atoms with Gasteiger partial charge in [0.1, 0.15) is 0 Å². The number of nitrogens with zero attached hydrogens (tertiary/aromatic N) is 1. The number of carboxylic acids is 1. The van der Waals surface area contributed by atoms with Crippen molar-refractivity contribution in [2.75, 3.05) is 6.61 Å². The molecule has 0 aliphatic carbocycles. The third-order valence-electron chi connectivity index (χ3n) is 3.21. The second-order valence-corrected chi connectivity index (χ2v) is 4.49. The molecule has 1 saturated heterocycles. The molecule has 2 atom stereocenters. The first-order valence-corrected chi connectivity index (χ1v) is 5.76. The Morgan fingerprint density at radius 2 is 2.32 bits per heavy atom. The minimum absolute atomic E-state index is 0.0406. The molecule has 1 fully saturated rings. The Balaban J connectivity index is 2.59. The van der Waals surface area contributed by atoms with E-state index in [4.69, 9.17) is 9.84 Å². The molecule has 1 aromatic rings. The van der Waals surface area contributed by atoms with Gasteiger partial charge in [-0.1, -0.05) is 0 Å². The molecule has 1 aliphatic heterocycles. The summed E-state index contributed by atoms with van der Waals surface area (Å²) in [7, 11) is 0. The molecule has 0 amide bonds. The largest absolute Gasteiger partial charge is 0.478 e. The molecule has 0 radical (unpaired) electrons. The first kappa shape index (κ1) is 13.5. The van der Waals surface area contributed by atoms with Crippen LogP contribution in [0.3, 0.4) is 0 Å². The van der Waals surface area contributed by atoms with E-state index in [-0.39, 0.29) is 18.6 Å². The topological polar surface area (TPSA) is 122 Å². The van der Waals surface area contributed by atoms with Crippen molar-refractivity contribution >= 4 is 5.97 Å². The summed E-state index contributed by atoms with van der Waals surface area (Å²) in [5.74, 6) is -1.34. The average molecular weight is 270 g/mol. The molecule has 19 heavy (non-hydrogen) atoms. The van der Waals surface area contributed by atoms with Crippen molar-refractivity contribution in [3.63, 3.8) is 0 Å². The van der Waals surface area contributed by atoms with Gasteiger partial charge in [0.05, 0.1) is 12.7 Å². The smallest absolute Gasteiger partial charge is 0.358 e. The Bertz CT molecular complexity index is 618. The Morgan fingerprint density at radius 3 is 2.84 bits per heavy atom. The third kappa shape index (κ3) is 2.08. The molecule has 0 aromatic carbocycles. The lowest BCUT2D eigenvalue weighted by Crippen LogP contribution is -2.50. The van der Waals surface area contributed by atoms with Gasteiger partial charge in [-0.3, -0.25) is 14.3 Å². The summed E-state index contributed by atoms with van der Waals surface area (Å²) in [5.41, 5.74) is -3.09. The zero-order valence-electron chi connectivity index (χ0n) is 10.3. The Hall–Kier alpha value is -1.93. The summed E-state index contributed by atoms with van der Waals surface area (Å²) in [6.07, 6.45) is 0.872. The van der Waals surface area contributed by atoms with E-state index < -0.39 is 29.0 Å². The molecular formula is C11H14N2O6. The molecule has 104 valence electrons. The second-order valence-electron chi connectivity index (χ2n) is 4.49. The molecule has 3 N–H and O–H groups in total. The van der Waals surface area contributed by atoms with Crippen LogP contribution in [0.25, 0.3) is 0 Å². The lowest BCUT2D eigenvalue weighted by atomic mass is 10.1. The molecule has 2 rings (SSSR count). The number of H-pyrrole nitrogens is 1. The normalized spacial score (nSPS) is 26.5. The number of aliphatic hydroxyl groups is 1. The van der Waals surface area contributed by atoms with Gasteiger partial charge >= 0.3 is 11.7 Å². The average Bonchev–Trinajstić information content (AvgIpc) is 2.79. The molecule has 2 heterocycles. The number of hydrogen-bond donors (Lipinski definition) is 3. The number of carbonyl (C=O) groups is 1. The molecule has 1 aliphatic rings. The van der Waals surface area contributed by atoms with Crippen LogP contribution in [0.2, 0.25) is 0 Å². The van der Waals surface area contributed by atoms with Crippen molar-refractivity contribution in [2.45, 2.75) is 31.6 Å². The van der Waals surface area contributed by atoms with Crippen LogP contribution in [0.15, 0.2) is 15.8 Å². The van der Waals surface area contributed by atoms with E-state index in [2.05, 4.69) is 0 Å². The van der Waals surface area contributed by atoms with E-state index >= 15 is 0 Å². The van der Waals surface area contributed by atoms with Gasteiger partial charge in [-0.2, -0.15) is 0 Å². The lowest BCUT2D eigenvalue weighted by Gasteiger charge is -2.26. The van der Waals surface area contributed by atoms with Crippen LogP contribution in [0.1, 0.15) is 18.4 Å². The number of hydrogen-bond acceptors (Lipinski definition) is 5. The molecule has 8 heteroatoms. The predicted octanol–water partition coefficient (Wildman–Crippen LogP) is -1.25. The van der Waals surface area contributed by atoms with Gasteiger partial charge in [-0.15, -0.1) is 0 Å². The molecule has 0 unspecified atom stereocenters.